The molecule has 0 aliphatic rings. The van der Waals surface area contributed by atoms with Crippen molar-refractivity contribution < 1.29 is 18.8 Å². The molecule has 0 aliphatic carbocycles. The molecule has 1 aromatic carbocycles. The number of hydrogen-bond acceptors (Lipinski definition) is 5. The maximum atomic E-state index is 12.0. The summed E-state index contributed by atoms with van der Waals surface area (Å²) in [6.07, 6.45) is -0.290. The van der Waals surface area contributed by atoms with Gasteiger partial charge >= 0.3 is 5.97 Å². The van der Waals surface area contributed by atoms with Gasteiger partial charge in [-0.2, -0.15) is 0 Å². The summed E-state index contributed by atoms with van der Waals surface area (Å²) in [7, 11) is 0. The number of nitrogens with one attached hydrogen (secondary N) is 1. The van der Waals surface area contributed by atoms with Crippen molar-refractivity contribution in [3.8, 4) is 0 Å². The zero-order valence-electron chi connectivity index (χ0n) is 13.8. The summed E-state index contributed by atoms with van der Waals surface area (Å²) >= 11 is 5.86. The lowest BCUT2D eigenvalue weighted by molar-refractivity contribution is -0.153. The molecule has 1 N–H and O–H groups in total. The fourth-order valence-electron chi connectivity index (χ4n) is 2.21. The Morgan fingerprint density at radius 3 is 2.75 bits per heavy atom. The van der Waals surface area contributed by atoms with Gasteiger partial charge < -0.3 is 14.6 Å². The van der Waals surface area contributed by atoms with Crippen LogP contribution in [0.15, 0.2) is 28.8 Å². The fraction of sp³-hybridized carbons (Fsp3) is 0.353. The number of aryl methyl sites for hydroxylation is 2. The van der Waals surface area contributed by atoms with Crippen LogP contribution in [0.25, 0.3) is 0 Å². The molecule has 0 bridgehead atoms. The molecule has 0 fully saturated rings. The minimum absolute atomic E-state index is 0.150. The highest BCUT2D eigenvalue weighted by Crippen LogP contribution is 2.16. The largest absolute Gasteiger partial charge is 0.453 e. The maximum absolute atomic E-state index is 12.0. The maximum Gasteiger partial charge on any atom is 0.306 e. The third kappa shape index (κ3) is 4.83. The van der Waals surface area contributed by atoms with Crippen molar-refractivity contribution in [3.63, 3.8) is 0 Å². The van der Waals surface area contributed by atoms with E-state index in [0.717, 1.165) is 11.3 Å². The highest BCUT2D eigenvalue weighted by atomic mass is 35.5. The first kappa shape index (κ1) is 18.0. The Balaban J connectivity index is 1.83. The van der Waals surface area contributed by atoms with E-state index in [1.807, 2.05) is 6.92 Å². The van der Waals surface area contributed by atoms with Crippen LogP contribution in [-0.4, -0.2) is 23.1 Å². The molecule has 1 aromatic heterocycles. The van der Waals surface area contributed by atoms with Crippen molar-refractivity contribution in [3.05, 3.63) is 46.3 Å². The number of nitrogens with zero attached hydrogens (tertiary/aromatic N) is 1. The number of amides is 1. The molecule has 1 heterocycles. The first-order chi connectivity index (χ1) is 11.4. The van der Waals surface area contributed by atoms with Crippen LogP contribution in [0.1, 0.15) is 30.4 Å². The van der Waals surface area contributed by atoms with E-state index in [9.17, 15) is 9.59 Å². The molecular formula is C17H19ClN2O4. The van der Waals surface area contributed by atoms with E-state index in [4.69, 9.17) is 20.9 Å². The lowest BCUT2D eigenvalue weighted by Gasteiger charge is -2.13. The molecule has 2 aromatic rings. The van der Waals surface area contributed by atoms with Crippen molar-refractivity contribution in [1.29, 1.82) is 0 Å². The van der Waals surface area contributed by atoms with Gasteiger partial charge in [0.2, 0.25) is 0 Å². The number of esters is 1. The van der Waals surface area contributed by atoms with E-state index in [1.54, 1.807) is 31.2 Å². The zero-order chi connectivity index (χ0) is 17.7. The number of benzene rings is 1. The van der Waals surface area contributed by atoms with Crippen LogP contribution in [-0.2, 0) is 20.7 Å². The molecule has 2 rings (SSSR count). The van der Waals surface area contributed by atoms with Crippen LogP contribution >= 0.6 is 11.6 Å². The molecule has 0 spiro atoms. The number of anilines is 1. The molecule has 6 nitrogen and oxygen atoms in total. The summed E-state index contributed by atoms with van der Waals surface area (Å²) in [5.41, 5.74) is 2.20. The van der Waals surface area contributed by atoms with Crippen LogP contribution in [0.4, 0.5) is 5.69 Å². The number of halogens is 1. The number of aromatic nitrogens is 1. The second-order valence-electron chi connectivity index (χ2n) is 5.43. The molecule has 0 radical (unpaired) electrons. The molecule has 0 saturated heterocycles. The van der Waals surface area contributed by atoms with E-state index in [-0.39, 0.29) is 6.42 Å². The van der Waals surface area contributed by atoms with Crippen molar-refractivity contribution in [2.45, 2.75) is 39.7 Å². The standard InChI is InChI=1S/C17H19ClN2O4/c1-10-15(11(2)24-20-10)7-8-16(21)23-12(3)17(22)19-14-6-4-5-13(18)9-14/h4-6,9,12H,7-8H2,1-3H3,(H,19,22)/t12-/m0/s1. The second-order valence-corrected chi connectivity index (χ2v) is 5.87. The van der Waals surface area contributed by atoms with E-state index >= 15 is 0 Å². The lowest BCUT2D eigenvalue weighted by atomic mass is 10.1. The highest BCUT2D eigenvalue weighted by molar-refractivity contribution is 6.30. The minimum atomic E-state index is -0.902. The summed E-state index contributed by atoms with van der Waals surface area (Å²) in [5, 5.41) is 7.00. The Hall–Kier alpha value is -2.34. The average Bonchev–Trinajstić information content (AvgIpc) is 2.84. The number of ether oxygens (including phenoxy) is 1. The predicted octanol–water partition coefficient (Wildman–Crippen LogP) is 3.45. The Kier molecular flexibility index (Phi) is 5.98. The third-order valence-corrected chi connectivity index (χ3v) is 3.77. The molecule has 0 unspecified atom stereocenters. The minimum Gasteiger partial charge on any atom is -0.453 e. The summed E-state index contributed by atoms with van der Waals surface area (Å²) in [6.45, 7) is 5.13. The van der Waals surface area contributed by atoms with Gasteiger partial charge in [-0.15, -0.1) is 0 Å². The second kappa shape index (κ2) is 7.97. The first-order valence-electron chi connectivity index (χ1n) is 7.54. The smallest absolute Gasteiger partial charge is 0.306 e. The molecule has 128 valence electrons. The average molecular weight is 351 g/mol. The molecule has 0 saturated carbocycles. The van der Waals surface area contributed by atoms with Crippen LogP contribution in [0.2, 0.25) is 5.02 Å². The quantitative estimate of drug-likeness (QED) is 0.807. The monoisotopic (exact) mass is 350 g/mol. The van der Waals surface area contributed by atoms with Gasteiger partial charge in [-0.25, -0.2) is 0 Å². The zero-order valence-corrected chi connectivity index (χ0v) is 14.5. The van der Waals surface area contributed by atoms with E-state index in [2.05, 4.69) is 10.5 Å². The summed E-state index contributed by atoms with van der Waals surface area (Å²) < 4.78 is 10.2. The van der Waals surface area contributed by atoms with Crippen LogP contribution in [0, 0.1) is 13.8 Å². The predicted molar refractivity (Wildman–Crippen MR) is 89.9 cm³/mol. The Morgan fingerprint density at radius 2 is 2.12 bits per heavy atom. The molecule has 24 heavy (non-hydrogen) atoms. The Labute approximate surface area is 145 Å². The summed E-state index contributed by atoms with van der Waals surface area (Å²) in [5.74, 6) is -0.182. The van der Waals surface area contributed by atoms with Gasteiger partial charge in [-0.3, -0.25) is 9.59 Å². The SMILES string of the molecule is Cc1noc(C)c1CCC(=O)O[C@@H](C)C(=O)Nc1cccc(Cl)c1. The van der Waals surface area contributed by atoms with Crippen LogP contribution < -0.4 is 5.32 Å². The molecule has 0 aliphatic heterocycles. The van der Waals surface area contributed by atoms with Crippen LogP contribution in [0.5, 0.6) is 0 Å². The first-order valence-corrected chi connectivity index (χ1v) is 7.92. The van der Waals surface area contributed by atoms with Gasteiger partial charge in [0.25, 0.3) is 5.91 Å². The van der Waals surface area contributed by atoms with Gasteiger partial charge in [-0.1, -0.05) is 22.8 Å². The lowest BCUT2D eigenvalue weighted by Crippen LogP contribution is -2.30. The van der Waals surface area contributed by atoms with Crippen LogP contribution in [0.3, 0.4) is 0 Å². The van der Waals surface area contributed by atoms with Crippen molar-refractivity contribution in [2.24, 2.45) is 0 Å². The van der Waals surface area contributed by atoms with E-state index in [0.29, 0.717) is 22.9 Å². The third-order valence-electron chi connectivity index (χ3n) is 3.53. The molecule has 7 heteroatoms. The molecular weight excluding hydrogens is 332 g/mol. The van der Waals surface area contributed by atoms with Gasteiger partial charge in [0, 0.05) is 22.7 Å². The van der Waals surface area contributed by atoms with Gasteiger partial charge in [0.05, 0.1) is 5.69 Å². The number of rotatable bonds is 6. The summed E-state index contributed by atoms with van der Waals surface area (Å²) in [4.78, 5) is 24.0. The number of carbonyl (C=O) groups excluding carboxylic acids is 2. The molecule has 1 atom stereocenters. The molecule has 1 amide bonds. The fourth-order valence-corrected chi connectivity index (χ4v) is 2.40. The van der Waals surface area contributed by atoms with E-state index in [1.165, 1.54) is 6.92 Å². The Bertz CT molecular complexity index is 722. The Morgan fingerprint density at radius 1 is 1.38 bits per heavy atom. The van der Waals surface area contributed by atoms with Gasteiger partial charge in [-0.05, 0) is 45.4 Å². The number of carbonyl (C=O) groups is 2. The van der Waals surface area contributed by atoms with Crippen molar-refractivity contribution in [2.75, 3.05) is 5.32 Å². The van der Waals surface area contributed by atoms with Gasteiger partial charge in [0.15, 0.2) is 6.10 Å². The summed E-state index contributed by atoms with van der Waals surface area (Å²) in [6, 6.07) is 6.74. The van der Waals surface area contributed by atoms with Crippen molar-refractivity contribution in [1.82, 2.24) is 5.16 Å². The number of hydrogen-bond donors (Lipinski definition) is 1. The topological polar surface area (TPSA) is 81.4 Å². The van der Waals surface area contributed by atoms with Crippen molar-refractivity contribution >= 4 is 29.2 Å². The van der Waals surface area contributed by atoms with Gasteiger partial charge in [0.1, 0.15) is 5.76 Å². The normalized spacial score (nSPS) is 11.8. The van der Waals surface area contributed by atoms with E-state index < -0.39 is 18.0 Å². The highest BCUT2D eigenvalue weighted by Gasteiger charge is 2.19.